The predicted octanol–water partition coefficient (Wildman–Crippen LogP) is 2.88. The van der Waals surface area contributed by atoms with Gasteiger partial charge >= 0.3 is 0 Å². The van der Waals surface area contributed by atoms with Crippen molar-refractivity contribution in [1.82, 2.24) is 5.32 Å². The van der Waals surface area contributed by atoms with Crippen molar-refractivity contribution in [3.63, 3.8) is 0 Å². The van der Waals surface area contributed by atoms with Crippen molar-refractivity contribution < 1.29 is 4.79 Å². The second kappa shape index (κ2) is 5.23. The number of carbonyl (C=O) groups excluding carboxylic acids is 1. The van der Waals surface area contributed by atoms with Crippen LogP contribution >= 0.6 is 23.2 Å². The molecule has 86 valence electrons. The minimum absolute atomic E-state index is 0.256. The lowest BCUT2D eigenvalue weighted by Crippen LogP contribution is -2.24. The molecule has 1 aromatic carbocycles. The second-order valence-corrected chi connectivity index (χ2v) is 4.29. The molecule has 16 heavy (non-hydrogen) atoms. The number of nitrogens with two attached hydrogens (primary N) is 1. The molecule has 1 rings (SSSR count). The third kappa shape index (κ3) is 3.15. The van der Waals surface area contributed by atoms with Gasteiger partial charge in [0.2, 0.25) is 0 Å². The minimum atomic E-state index is -0.256. The Morgan fingerprint density at radius 3 is 2.62 bits per heavy atom. The van der Waals surface area contributed by atoms with Crippen LogP contribution in [0.25, 0.3) is 0 Å². The van der Waals surface area contributed by atoms with Gasteiger partial charge in [-0.25, -0.2) is 0 Å². The molecule has 1 aromatic rings. The molecule has 5 heteroatoms. The molecular weight excluding hydrogens is 247 g/mol. The number of nitrogen functional groups attached to an aromatic ring is 1. The van der Waals surface area contributed by atoms with Gasteiger partial charge in [0.05, 0.1) is 15.7 Å². The van der Waals surface area contributed by atoms with Crippen LogP contribution in [0.2, 0.25) is 10.0 Å². The summed E-state index contributed by atoms with van der Waals surface area (Å²) < 4.78 is 0. The van der Waals surface area contributed by atoms with E-state index in [1.165, 1.54) is 12.1 Å². The third-order valence-electron chi connectivity index (χ3n) is 1.87. The Hall–Kier alpha value is -1.19. The lowest BCUT2D eigenvalue weighted by Gasteiger charge is -2.07. The van der Waals surface area contributed by atoms with Crippen molar-refractivity contribution in [3.05, 3.63) is 39.9 Å². The average molecular weight is 259 g/mol. The monoisotopic (exact) mass is 258 g/mol. The van der Waals surface area contributed by atoms with Gasteiger partial charge in [-0.15, -0.1) is 0 Å². The number of hydrogen-bond donors (Lipinski definition) is 2. The van der Waals surface area contributed by atoms with Crippen LogP contribution in [0, 0.1) is 0 Å². The maximum atomic E-state index is 11.7. The van der Waals surface area contributed by atoms with E-state index in [9.17, 15) is 4.79 Å². The van der Waals surface area contributed by atoms with Crippen LogP contribution in [0.3, 0.4) is 0 Å². The highest BCUT2D eigenvalue weighted by Crippen LogP contribution is 2.29. The molecule has 0 spiro atoms. The van der Waals surface area contributed by atoms with E-state index in [2.05, 4.69) is 11.9 Å². The summed E-state index contributed by atoms with van der Waals surface area (Å²) in [7, 11) is 0. The highest BCUT2D eigenvalue weighted by molar-refractivity contribution is 6.43. The number of anilines is 1. The van der Waals surface area contributed by atoms with E-state index >= 15 is 0 Å². The highest BCUT2D eigenvalue weighted by Gasteiger charge is 2.10. The maximum Gasteiger partial charge on any atom is 0.251 e. The Bertz CT molecular complexity index is 421. The number of rotatable bonds is 3. The van der Waals surface area contributed by atoms with E-state index in [4.69, 9.17) is 28.9 Å². The summed E-state index contributed by atoms with van der Waals surface area (Å²) in [5, 5.41) is 3.20. The summed E-state index contributed by atoms with van der Waals surface area (Å²) in [6.07, 6.45) is 0. The molecule has 0 unspecified atom stereocenters. The van der Waals surface area contributed by atoms with Crippen LogP contribution in [-0.4, -0.2) is 12.5 Å². The second-order valence-electron chi connectivity index (χ2n) is 3.50. The van der Waals surface area contributed by atoms with Crippen LogP contribution in [0.5, 0.6) is 0 Å². The zero-order chi connectivity index (χ0) is 12.3. The first-order valence-electron chi connectivity index (χ1n) is 4.59. The van der Waals surface area contributed by atoms with Crippen molar-refractivity contribution in [2.45, 2.75) is 6.92 Å². The molecule has 0 aromatic heterocycles. The van der Waals surface area contributed by atoms with E-state index in [-0.39, 0.29) is 21.6 Å². The van der Waals surface area contributed by atoms with Crippen molar-refractivity contribution >= 4 is 34.8 Å². The summed E-state index contributed by atoms with van der Waals surface area (Å²) in [6, 6.07) is 2.97. The van der Waals surface area contributed by atoms with E-state index in [0.717, 1.165) is 5.57 Å². The molecule has 0 aliphatic carbocycles. The summed E-state index contributed by atoms with van der Waals surface area (Å²) in [6.45, 7) is 5.92. The van der Waals surface area contributed by atoms with Gasteiger partial charge in [0, 0.05) is 12.1 Å². The zero-order valence-corrected chi connectivity index (χ0v) is 10.3. The molecule has 0 bridgehead atoms. The van der Waals surface area contributed by atoms with E-state index in [1.807, 2.05) is 6.92 Å². The fourth-order valence-corrected chi connectivity index (χ4v) is 1.41. The molecule has 0 atom stereocenters. The van der Waals surface area contributed by atoms with Gasteiger partial charge in [-0.2, -0.15) is 0 Å². The Balaban J connectivity index is 2.88. The van der Waals surface area contributed by atoms with Gasteiger partial charge in [-0.1, -0.05) is 35.4 Å². The summed E-state index contributed by atoms with van der Waals surface area (Å²) in [5.74, 6) is -0.256. The van der Waals surface area contributed by atoms with Crippen LogP contribution in [0.4, 0.5) is 5.69 Å². The van der Waals surface area contributed by atoms with Gasteiger partial charge in [0.15, 0.2) is 0 Å². The molecule has 0 saturated heterocycles. The van der Waals surface area contributed by atoms with Crippen LogP contribution < -0.4 is 11.1 Å². The SMILES string of the molecule is C=C(C)CNC(=O)c1cc(N)c(Cl)c(Cl)c1. The van der Waals surface area contributed by atoms with Crippen LogP contribution in [0.15, 0.2) is 24.3 Å². The number of benzene rings is 1. The smallest absolute Gasteiger partial charge is 0.251 e. The fraction of sp³-hybridized carbons (Fsp3) is 0.182. The Labute approximate surface area is 104 Å². The number of amides is 1. The van der Waals surface area contributed by atoms with Crippen molar-refractivity contribution in [3.8, 4) is 0 Å². The summed E-state index contributed by atoms with van der Waals surface area (Å²) in [5.41, 5.74) is 7.13. The van der Waals surface area contributed by atoms with E-state index in [0.29, 0.717) is 12.1 Å². The molecular formula is C11H12Cl2N2O. The van der Waals surface area contributed by atoms with Gasteiger partial charge in [-0.3, -0.25) is 4.79 Å². The Morgan fingerprint density at radius 2 is 2.12 bits per heavy atom. The molecule has 0 aliphatic heterocycles. The molecule has 3 N–H and O–H groups in total. The minimum Gasteiger partial charge on any atom is -0.397 e. The average Bonchev–Trinajstić information content (AvgIpc) is 2.21. The molecule has 3 nitrogen and oxygen atoms in total. The fourth-order valence-electron chi connectivity index (χ4n) is 1.07. The van der Waals surface area contributed by atoms with Crippen LogP contribution in [0.1, 0.15) is 17.3 Å². The molecule has 0 radical (unpaired) electrons. The Kier molecular flexibility index (Phi) is 4.21. The van der Waals surface area contributed by atoms with E-state index < -0.39 is 0 Å². The van der Waals surface area contributed by atoms with Gasteiger partial charge in [0.25, 0.3) is 5.91 Å². The number of carbonyl (C=O) groups is 1. The first-order chi connectivity index (χ1) is 7.41. The lowest BCUT2D eigenvalue weighted by molar-refractivity contribution is 0.0957. The lowest BCUT2D eigenvalue weighted by atomic mass is 10.2. The number of hydrogen-bond acceptors (Lipinski definition) is 2. The maximum absolute atomic E-state index is 11.7. The topological polar surface area (TPSA) is 55.1 Å². The molecule has 0 saturated carbocycles. The first kappa shape index (κ1) is 12.9. The van der Waals surface area contributed by atoms with Crippen molar-refractivity contribution in [1.29, 1.82) is 0 Å². The first-order valence-corrected chi connectivity index (χ1v) is 5.34. The number of halogens is 2. The summed E-state index contributed by atoms with van der Waals surface area (Å²) in [4.78, 5) is 11.7. The zero-order valence-electron chi connectivity index (χ0n) is 8.81. The van der Waals surface area contributed by atoms with Gasteiger partial charge in [0.1, 0.15) is 0 Å². The summed E-state index contributed by atoms with van der Waals surface area (Å²) >= 11 is 11.6. The predicted molar refractivity (Wildman–Crippen MR) is 68.0 cm³/mol. The molecule has 0 aliphatic rings. The van der Waals surface area contributed by atoms with E-state index in [1.54, 1.807) is 0 Å². The standard InChI is InChI=1S/C11H12Cl2N2O/c1-6(2)5-15-11(16)7-3-8(12)10(13)9(14)4-7/h3-4H,1,5,14H2,2H3,(H,15,16). The molecule has 0 heterocycles. The van der Waals surface area contributed by atoms with Crippen LogP contribution in [-0.2, 0) is 0 Å². The van der Waals surface area contributed by atoms with Crippen molar-refractivity contribution in [2.75, 3.05) is 12.3 Å². The quantitative estimate of drug-likeness (QED) is 0.647. The van der Waals surface area contributed by atoms with Crippen molar-refractivity contribution in [2.24, 2.45) is 0 Å². The molecule has 0 fully saturated rings. The van der Waals surface area contributed by atoms with Gasteiger partial charge < -0.3 is 11.1 Å². The Morgan fingerprint density at radius 1 is 1.50 bits per heavy atom. The highest BCUT2D eigenvalue weighted by atomic mass is 35.5. The normalized spacial score (nSPS) is 9.94. The largest absolute Gasteiger partial charge is 0.397 e. The number of nitrogens with one attached hydrogen (secondary N) is 1. The molecule has 1 amide bonds. The van der Waals surface area contributed by atoms with Gasteiger partial charge in [-0.05, 0) is 19.1 Å². The third-order valence-corrected chi connectivity index (χ3v) is 2.69.